The normalized spacial score (nSPS) is 15.9. The molecule has 2 aromatic carbocycles. The first-order valence-electron chi connectivity index (χ1n) is 11.1. The monoisotopic (exact) mass is 433 g/mol. The fourth-order valence-corrected chi connectivity index (χ4v) is 4.42. The summed E-state index contributed by atoms with van der Waals surface area (Å²) in [6.45, 7) is 0.694. The first-order chi connectivity index (χ1) is 15.5. The summed E-state index contributed by atoms with van der Waals surface area (Å²) < 4.78 is 0. The molecule has 2 N–H and O–H groups in total. The van der Waals surface area contributed by atoms with Gasteiger partial charge in [-0.2, -0.15) is 0 Å². The van der Waals surface area contributed by atoms with Crippen LogP contribution >= 0.6 is 0 Å². The minimum atomic E-state index is -0.243. The Kier molecular flexibility index (Phi) is 6.46. The fraction of sp³-hybridized carbons (Fsp3) is 0.360. The Morgan fingerprint density at radius 3 is 1.53 bits per heavy atom. The van der Waals surface area contributed by atoms with Crippen LogP contribution in [0.3, 0.4) is 0 Å². The average Bonchev–Trinajstić information content (AvgIpc) is 2.78. The van der Waals surface area contributed by atoms with E-state index < -0.39 is 0 Å². The highest BCUT2D eigenvalue weighted by Gasteiger charge is 2.31. The van der Waals surface area contributed by atoms with Crippen molar-refractivity contribution in [2.24, 2.45) is 5.73 Å². The van der Waals surface area contributed by atoms with Gasteiger partial charge >= 0.3 is 0 Å². The van der Waals surface area contributed by atoms with E-state index in [2.05, 4.69) is 0 Å². The molecule has 32 heavy (non-hydrogen) atoms. The van der Waals surface area contributed by atoms with Crippen molar-refractivity contribution in [3.05, 3.63) is 70.8 Å². The molecule has 7 nitrogen and oxygen atoms in total. The molecule has 0 aliphatic carbocycles. The zero-order valence-corrected chi connectivity index (χ0v) is 18.0. The molecular formula is C25H27N3O4. The number of nitrogens with zero attached hydrogens (tertiary/aromatic N) is 2. The van der Waals surface area contributed by atoms with E-state index in [1.807, 2.05) is 24.3 Å². The molecule has 166 valence electrons. The highest BCUT2D eigenvalue weighted by atomic mass is 16.2. The molecule has 0 saturated heterocycles. The van der Waals surface area contributed by atoms with Gasteiger partial charge in [-0.15, -0.1) is 0 Å². The Morgan fingerprint density at radius 2 is 1.09 bits per heavy atom. The lowest BCUT2D eigenvalue weighted by atomic mass is 9.97. The molecule has 4 rings (SSSR count). The van der Waals surface area contributed by atoms with Gasteiger partial charge in [0, 0.05) is 30.3 Å². The molecule has 2 heterocycles. The second-order valence-corrected chi connectivity index (χ2v) is 8.41. The number of nitrogens with two attached hydrogens (primary N) is 1. The molecule has 7 heteroatoms. The first-order valence-corrected chi connectivity index (χ1v) is 11.1. The predicted octanol–water partition coefficient (Wildman–Crippen LogP) is 2.32. The molecule has 0 spiro atoms. The summed E-state index contributed by atoms with van der Waals surface area (Å²) in [4.78, 5) is 52.5. The van der Waals surface area contributed by atoms with Gasteiger partial charge in [0.1, 0.15) is 0 Å². The Balaban J connectivity index is 1.22. The van der Waals surface area contributed by atoms with Crippen LogP contribution < -0.4 is 5.73 Å². The third-order valence-corrected chi connectivity index (χ3v) is 6.18. The van der Waals surface area contributed by atoms with E-state index in [0.29, 0.717) is 49.9 Å². The lowest BCUT2D eigenvalue weighted by molar-refractivity contribution is -0.129. The van der Waals surface area contributed by atoms with Crippen molar-refractivity contribution >= 4 is 23.6 Å². The summed E-state index contributed by atoms with van der Waals surface area (Å²) in [6.07, 6.45) is 3.04. The number of hydrogen-bond donors (Lipinski definition) is 1. The quantitative estimate of drug-likeness (QED) is 0.644. The molecule has 0 bridgehead atoms. The van der Waals surface area contributed by atoms with Gasteiger partial charge in [0.25, 0.3) is 11.8 Å². The smallest absolute Gasteiger partial charge is 0.260 e. The number of amides is 4. The van der Waals surface area contributed by atoms with Gasteiger partial charge < -0.3 is 5.73 Å². The minimum absolute atomic E-state index is 0.125. The first kappa shape index (κ1) is 21.9. The van der Waals surface area contributed by atoms with E-state index in [0.717, 1.165) is 11.1 Å². The van der Waals surface area contributed by atoms with Gasteiger partial charge in [-0.3, -0.25) is 29.0 Å². The van der Waals surface area contributed by atoms with Crippen molar-refractivity contribution in [2.75, 3.05) is 13.1 Å². The van der Waals surface area contributed by atoms with E-state index in [9.17, 15) is 19.2 Å². The predicted molar refractivity (Wildman–Crippen MR) is 119 cm³/mol. The number of hydrogen-bond acceptors (Lipinski definition) is 5. The summed E-state index contributed by atoms with van der Waals surface area (Å²) in [5.74, 6) is -0.838. The molecular weight excluding hydrogens is 406 g/mol. The van der Waals surface area contributed by atoms with Crippen molar-refractivity contribution in [1.82, 2.24) is 9.80 Å². The SMILES string of the molecule is NC(CCCN1C(=O)Cc2ccccc2C1=O)CCCN1C(=O)Cc2ccccc2C1=O. The summed E-state index contributed by atoms with van der Waals surface area (Å²) in [7, 11) is 0. The number of carbonyl (C=O) groups is 4. The fourth-order valence-electron chi connectivity index (χ4n) is 4.42. The molecule has 2 aliphatic heterocycles. The minimum Gasteiger partial charge on any atom is -0.328 e. The summed E-state index contributed by atoms with van der Waals surface area (Å²) in [6, 6.07) is 14.3. The molecule has 0 radical (unpaired) electrons. The van der Waals surface area contributed by atoms with Gasteiger partial charge in [0.05, 0.1) is 12.8 Å². The van der Waals surface area contributed by atoms with E-state index in [4.69, 9.17) is 5.73 Å². The topological polar surface area (TPSA) is 101 Å². The molecule has 0 atom stereocenters. The van der Waals surface area contributed by atoms with Crippen LogP contribution in [0.4, 0.5) is 0 Å². The number of benzene rings is 2. The zero-order valence-electron chi connectivity index (χ0n) is 18.0. The van der Waals surface area contributed by atoms with Crippen LogP contribution in [0.2, 0.25) is 0 Å². The molecule has 0 aromatic heterocycles. The maximum Gasteiger partial charge on any atom is 0.260 e. The van der Waals surface area contributed by atoms with E-state index >= 15 is 0 Å². The number of imide groups is 2. The zero-order chi connectivity index (χ0) is 22.7. The van der Waals surface area contributed by atoms with Crippen LogP contribution in [0, 0.1) is 0 Å². The molecule has 4 amide bonds. The molecule has 0 unspecified atom stereocenters. The van der Waals surface area contributed by atoms with Crippen LogP contribution in [0.15, 0.2) is 48.5 Å². The number of carbonyl (C=O) groups excluding carboxylic acids is 4. The summed E-state index contributed by atoms with van der Waals surface area (Å²) in [5.41, 5.74) is 8.96. The maximum atomic E-state index is 12.6. The third-order valence-electron chi connectivity index (χ3n) is 6.18. The second-order valence-electron chi connectivity index (χ2n) is 8.41. The number of rotatable bonds is 8. The molecule has 0 saturated carbocycles. The van der Waals surface area contributed by atoms with Crippen molar-refractivity contribution in [3.63, 3.8) is 0 Å². The van der Waals surface area contributed by atoms with Crippen molar-refractivity contribution in [1.29, 1.82) is 0 Å². The Labute approximate surface area is 187 Å². The van der Waals surface area contributed by atoms with Gasteiger partial charge in [-0.1, -0.05) is 36.4 Å². The lowest BCUT2D eigenvalue weighted by Crippen LogP contribution is -2.43. The highest BCUT2D eigenvalue weighted by Crippen LogP contribution is 2.21. The van der Waals surface area contributed by atoms with Crippen LogP contribution in [0.5, 0.6) is 0 Å². The average molecular weight is 434 g/mol. The molecule has 2 aliphatic rings. The Bertz CT molecular complexity index is 981. The van der Waals surface area contributed by atoms with Gasteiger partial charge in [0.15, 0.2) is 0 Å². The standard InChI is InChI=1S/C25H27N3O4/c26-19(9-5-13-27-22(29)15-17-7-1-3-11-20(17)24(27)31)10-6-14-28-23(30)16-18-8-2-4-12-21(18)25(28)32/h1-4,7-8,11-12,19H,5-6,9-10,13-16,26H2. The third kappa shape index (κ3) is 4.48. The van der Waals surface area contributed by atoms with Gasteiger partial charge in [-0.05, 0) is 48.9 Å². The molecule has 2 aromatic rings. The van der Waals surface area contributed by atoms with Crippen molar-refractivity contribution < 1.29 is 19.2 Å². The van der Waals surface area contributed by atoms with E-state index in [1.54, 1.807) is 24.3 Å². The van der Waals surface area contributed by atoms with Crippen LogP contribution in [-0.2, 0) is 22.4 Å². The Morgan fingerprint density at radius 1 is 0.688 bits per heavy atom. The van der Waals surface area contributed by atoms with E-state index in [1.165, 1.54) is 9.80 Å². The summed E-state index contributed by atoms with van der Waals surface area (Å²) in [5, 5.41) is 0. The van der Waals surface area contributed by atoms with Gasteiger partial charge in [-0.25, -0.2) is 0 Å². The van der Waals surface area contributed by atoms with Crippen molar-refractivity contribution in [2.45, 2.75) is 44.6 Å². The summed E-state index contributed by atoms with van der Waals surface area (Å²) >= 11 is 0. The van der Waals surface area contributed by atoms with Crippen LogP contribution in [0.1, 0.15) is 57.5 Å². The lowest BCUT2D eigenvalue weighted by Gasteiger charge is -2.28. The van der Waals surface area contributed by atoms with Gasteiger partial charge in [0.2, 0.25) is 11.8 Å². The Hall–Kier alpha value is -3.32. The maximum absolute atomic E-state index is 12.6. The molecule has 0 fully saturated rings. The second kappa shape index (κ2) is 9.44. The van der Waals surface area contributed by atoms with Crippen molar-refractivity contribution in [3.8, 4) is 0 Å². The highest BCUT2D eigenvalue weighted by molar-refractivity contribution is 6.10. The van der Waals surface area contributed by atoms with Crippen LogP contribution in [0.25, 0.3) is 0 Å². The number of fused-ring (bicyclic) bond motifs is 2. The largest absolute Gasteiger partial charge is 0.328 e. The van der Waals surface area contributed by atoms with E-state index in [-0.39, 0.29) is 42.5 Å². The van der Waals surface area contributed by atoms with Crippen LogP contribution in [-0.4, -0.2) is 52.6 Å².